The number of aromatic nitrogens is 2. The molecule has 2 aromatic heterocycles. The molecule has 150 valence electrons. The summed E-state index contributed by atoms with van der Waals surface area (Å²) in [6, 6.07) is -0.365. The van der Waals surface area contributed by atoms with Gasteiger partial charge in [-0.1, -0.05) is 30.0 Å². The van der Waals surface area contributed by atoms with Crippen molar-refractivity contribution in [2.24, 2.45) is 18.9 Å². The normalized spacial score (nSPS) is 25.4. The summed E-state index contributed by atoms with van der Waals surface area (Å²) in [5.41, 5.74) is 0.494. The standard InChI is InChI=1S/C18H21N3O5S2/c1-8-11(14(18(25)26)21-13(8)12(9(2)23)15(21)24)10-6-20-7-19(3)16(17(20)28-10)27-5-4-22/h6-9,12-13,22-23H,4-5H2,1-3H3/t8-,9+,12+,13+/m0/s1. The largest absolute Gasteiger partial charge is 0.543 e. The Morgan fingerprint density at radius 2 is 2.21 bits per heavy atom. The van der Waals surface area contributed by atoms with E-state index in [0.29, 0.717) is 11.3 Å². The van der Waals surface area contributed by atoms with Crippen LogP contribution in [0, 0.1) is 11.8 Å². The van der Waals surface area contributed by atoms with Crippen LogP contribution in [0.2, 0.25) is 0 Å². The highest BCUT2D eigenvalue weighted by molar-refractivity contribution is 7.99. The van der Waals surface area contributed by atoms with E-state index in [1.807, 2.05) is 35.5 Å². The second kappa shape index (κ2) is 6.87. The highest BCUT2D eigenvalue weighted by Gasteiger charge is 2.59. The summed E-state index contributed by atoms with van der Waals surface area (Å²) in [7, 11) is 1.92. The van der Waals surface area contributed by atoms with Crippen LogP contribution in [-0.2, 0) is 16.6 Å². The number of hydrogen-bond donors (Lipinski definition) is 2. The number of β-lactam (4-membered cyclic amide) rings is 1. The van der Waals surface area contributed by atoms with Crippen molar-refractivity contribution in [2.75, 3.05) is 12.4 Å². The molecule has 8 nitrogen and oxygen atoms in total. The van der Waals surface area contributed by atoms with Gasteiger partial charge in [0.05, 0.1) is 48.3 Å². The summed E-state index contributed by atoms with van der Waals surface area (Å²) in [4.78, 5) is 27.4. The summed E-state index contributed by atoms with van der Waals surface area (Å²) >= 11 is 2.98. The van der Waals surface area contributed by atoms with E-state index in [1.165, 1.54) is 28.0 Å². The van der Waals surface area contributed by atoms with Gasteiger partial charge in [0, 0.05) is 17.2 Å². The van der Waals surface area contributed by atoms with Crippen molar-refractivity contribution in [1.29, 1.82) is 0 Å². The van der Waals surface area contributed by atoms with Gasteiger partial charge in [-0.05, 0) is 6.92 Å². The highest BCUT2D eigenvalue weighted by Crippen LogP contribution is 2.51. The van der Waals surface area contributed by atoms with E-state index in [2.05, 4.69) is 0 Å². The number of amides is 1. The maximum absolute atomic E-state index is 12.5. The maximum Gasteiger partial charge on any atom is 0.250 e. The Kier molecular flexibility index (Phi) is 4.77. The molecular formula is C18H21N3O5S2. The van der Waals surface area contributed by atoms with Crippen LogP contribution in [0.4, 0.5) is 0 Å². The molecule has 28 heavy (non-hydrogen) atoms. The molecule has 0 radical (unpaired) electrons. The summed E-state index contributed by atoms with van der Waals surface area (Å²) in [5.74, 6) is -2.00. The first kappa shape index (κ1) is 19.4. The quantitative estimate of drug-likeness (QED) is 0.359. The van der Waals surface area contributed by atoms with Gasteiger partial charge in [0.25, 0.3) is 0 Å². The molecule has 0 saturated carbocycles. The number of imidazole rings is 1. The molecule has 0 aromatic carbocycles. The lowest BCUT2D eigenvalue weighted by Gasteiger charge is -2.47. The average Bonchev–Trinajstić information content (AvgIpc) is 3.20. The Balaban J connectivity index is 1.80. The van der Waals surface area contributed by atoms with Gasteiger partial charge in [-0.3, -0.25) is 4.79 Å². The van der Waals surface area contributed by atoms with Gasteiger partial charge in [-0.15, -0.1) is 0 Å². The Bertz CT molecular complexity index is 1010. The van der Waals surface area contributed by atoms with Gasteiger partial charge in [0.1, 0.15) is 6.20 Å². The van der Waals surface area contributed by atoms with E-state index in [0.717, 1.165) is 14.7 Å². The third-order valence-corrected chi connectivity index (χ3v) is 7.87. The Labute approximate surface area is 169 Å². The average molecular weight is 424 g/mol. The first-order valence-electron chi connectivity index (χ1n) is 8.98. The molecule has 2 aromatic rings. The van der Waals surface area contributed by atoms with Crippen LogP contribution < -0.4 is 9.51 Å². The maximum atomic E-state index is 12.5. The first-order chi connectivity index (χ1) is 13.3. The molecule has 0 spiro atoms. The van der Waals surface area contributed by atoms with Crippen molar-refractivity contribution in [3.63, 3.8) is 0 Å². The van der Waals surface area contributed by atoms with Crippen LogP contribution >= 0.6 is 23.1 Å². The van der Waals surface area contributed by atoms with E-state index in [-0.39, 0.29) is 30.2 Å². The van der Waals surface area contributed by atoms with Crippen molar-refractivity contribution in [1.82, 2.24) is 9.47 Å². The molecule has 4 rings (SSSR count). The van der Waals surface area contributed by atoms with Crippen LogP contribution in [0.3, 0.4) is 0 Å². The van der Waals surface area contributed by atoms with Gasteiger partial charge in [-0.25, -0.2) is 4.57 Å². The predicted molar refractivity (Wildman–Crippen MR) is 101 cm³/mol. The van der Waals surface area contributed by atoms with Crippen LogP contribution in [0.15, 0.2) is 23.2 Å². The number of aliphatic hydroxyl groups is 2. The topological polar surface area (TPSA) is 110 Å². The van der Waals surface area contributed by atoms with E-state index in [4.69, 9.17) is 5.11 Å². The summed E-state index contributed by atoms with van der Waals surface area (Å²) < 4.78 is 3.89. The van der Waals surface area contributed by atoms with E-state index in [9.17, 15) is 19.8 Å². The van der Waals surface area contributed by atoms with Gasteiger partial charge in [0.2, 0.25) is 22.1 Å². The number of rotatable bonds is 6. The third kappa shape index (κ3) is 2.62. The molecule has 0 bridgehead atoms. The summed E-state index contributed by atoms with van der Waals surface area (Å²) in [6.07, 6.45) is 2.93. The fourth-order valence-electron chi connectivity index (χ4n) is 4.31. The lowest BCUT2D eigenvalue weighted by molar-refractivity contribution is -0.508. The number of aryl methyl sites for hydroxylation is 1. The van der Waals surface area contributed by atoms with Crippen LogP contribution in [0.25, 0.3) is 10.4 Å². The lowest BCUT2D eigenvalue weighted by Crippen LogP contribution is -2.64. The monoisotopic (exact) mass is 423 g/mol. The number of hydrogen-bond acceptors (Lipinski definition) is 7. The van der Waals surface area contributed by atoms with Crippen molar-refractivity contribution >= 4 is 45.4 Å². The molecule has 1 amide bonds. The minimum absolute atomic E-state index is 0.0662. The highest BCUT2D eigenvalue weighted by atomic mass is 32.2. The second-order valence-corrected chi connectivity index (χ2v) is 9.33. The van der Waals surface area contributed by atoms with Gasteiger partial charge in [0.15, 0.2) is 0 Å². The number of carbonyl (C=O) groups is 2. The number of thioether (sulfide) groups is 1. The minimum atomic E-state index is -1.37. The molecule has 2 aliphatic rings. The fraction of sp³-hybridized carbons (Fsp3) is 0.500. The predicted octanol–water partition coefficient (Wildman–Crippen LogP) is -0.772. The molecule has 1 fully saturated rings. The number of carboxylic acid groups (broad SMARTS) is 1. The molecule has 4 heterocycles. The Morgan fingerprint density at radius 1 is 1.50 bits per heavy atom. The van der Waals surface area contributed by atoms with Crippen LogP contribution in [-0.4, -0.2) is 56.1 Å². The molecule has 0 unspecified atom stereocenters. The van der Waals surface area contributed by atoms with E-state index in [1.54, 1.807) is 6.92 Å². The number of thiazole rings is 1. The van der Waals surface area contributed by atoms with Crippen LogP contribution in [0.5, 0.6) is 0 Å². The molecule has 1 saturated heterocycles. The number of aliphatic hydroxyl groups excluding tert-OH is 2. The molecule has 2 aliphatic heterocycles. The summed E-state index contributed by atoms with van der Waals surface area (Å²) in [5, 5.41) is 32.0. The zero-order chi connectivity index (χ0) is 20.3. The molecule has 4 atom stereocenters. The number of fused-ring (bicyclic) bond motifs is 2. The number of carboxylic acids is 1. The van der Waals surface area contributed by atoms with E-state index >= 15 is 0 Å². The van der Waals surface area contributed by atoms with Crippen molar-refractivity contribution in [2.45, 2.75) is 31.0 Å². The number of carbonyl (C=O) groups excluding carboxylic acids is 2. The zero-order valence-electron chi connectivity index (χ0n) is 15.7. The first-order valence-corrected chi connectivity index (χ1v) is 10.8. The zero-order valence-corrected chi connectivity index (χ0v) is 17.3. The number of nitrogens with zero attached hydrogens (tertiary/aromatic N) is 3. The molecule has 10 heteroatoms. The van der Waals surface area contributed by atoms with Crippen molar-refractivity contribution in [3.8, 4) is 0 Å². The summed E-state index contributed by atoms with van der Waals surface area (Å²) in [6.45, 7) is 3.52. The lowest BCUT2D eigenvalue weighted by atomic mass is 9.77. The van der Waals surface area contributed by atoms with E-state index < -0.39 is 18.0 Å². The molecule has 0 aliphatic carbocycles. The molecular weight excluding hydrogens is 402 g/mol. The SMILES string of the molecule is C[C@@H](O)[C@H]1C(=O)N2C(C(=O)[O-])=C(c3c[n+]4cn(C)c(SCCO)c4s3)[C@H](C)[C@H]12. The van der Waals surface area contributed by atoms with Crippen molar-refractivity contribution < 1.29 is 29.3 Å². The van der Waals surface area contributed by atoms with Gasteiger partial charge in [-0.2, -0.15) is 4.40 Å². The van der Waals surface area contributed by atoms with Gasteiger partial charge < -0.3 is 25.0 Å². The smallest absolute Gasteiger partial charge is 0.250 e. The molecule has 2 N–H and O–H groups in total. The number of aliphatic carboxylic acids is 1. The fourth-order valence-corrected chi connectivity index (χ4v) is 6.58. The third-order valence-electron chi connectivity index (χ3n) is 5.46. The second-order valence-electron chi connectivity index (χ2n) is 7.22. The van der Waals surface area contributed by atoms with Crippen LogP contribution in [0.1, 0.15) is 18.7 Å². The Hall–Kier alpha value is -1.88. The minimum Gasteiger partial charge on any atom is -0.543 e. The Morgan fingerprint density at radius 3 is 2.82 bits per heavy atom. The van der Waals surface area contributed by atoms with Crippen molar-refractivity contribution in [3.05, 3.63) is 23.1 Å². The van der Waals surface area contributed by atoms with Gasteiger partial charge >= 0.3 is 0 Å².